The summed E-state index contributed by atoms with van der Waals surface area (Å²) in [5.41, 5.74) is 1.80. The Labute approximate surface area is 247 Å². The molecule has 1 amide bonds. The lowest BCUT2D eigenvalue weighted by Crippen LogP contribution is -2.53. The van der Waals surface area contributed by atoms with E-state index in [9.17, 15) is 22.8 Å². The number of methoxy groups -OCH3 is 1. The van der Waals surface area contributed by atoms with Crippen LogP contribution in [0.5, 0.6) is 0 Å². The van der Waals surface area contributed by atoms with E-state index in [1.807, 2.05) is 13.8 Å². The number of carbonyl (C=O) groups is 2. The van der Waals surface area contributed by atoms with E-state index in [-0.39, 0.29) is 19.6 Å². The monoisotopic (exact) mass is 618 g/mol. The first kappa shape index (κ1) is 30.8. The van der Waals surface area contributed by atoms with E-state index in [1.54, 1.807) is 28.9 Å². The Morgan fingerprint density at radius 1 is 1.16 bits per heavy atom. The highest BCUT2D eigenvalue weighted by atomic mass is 19.4. The molecule has 4 heterocycles. The first-order chi connectivity index (χ1) is 20.9. The second-order valence-electron chi connectivity index (χ2n) is 10.2. The summed E-state index contributed by atoms with van der Waals surface area (Å²) in [6.45, 7) is 2.67. The average Bonchev–Trinajstić information content (AvgIpc) is 3.48. The molecule has 3 aromatic heterocycles. The molecule has 0 spiro atoms. The number of benzene rings is 1. The number of aromatic nitrogens is 4. The molecular weight excluding hydrogens is 591 g/mol. The maximum atomic E-state index is 15.1. The van der Waals surface area contributed by atoms with Crippen LogP contribution in [-0.4, -0.2) is 76.4 Å². The van der Waals surface area contributed by atoms with Gasteiger partial charge in [0.2, 0.25) is 0 Å². The van der Waals surface area contributed by atoms with Crippen LogP contribution >= 0.6 is 0 Å². The molecule has 0 unspecified atom stereocenters. The predicted octanol–water partition coefficient (Wildman–Crippen LogP) is 3.97. The topological polar surface area (TPSA) is 111 Å². The molecule has 1 aromatic carbocycles. The van der Waals surface area contributed by atoms with Crippen molar-refractivity contribution < 1.29 is 41.0 Å². The molecule has 0 bridgehead atoms. The van der Waals surface area contributed by atoms with Gasteiger partial charge in [0.15, 0.2) is 5.82 Å². The number of fused-ring (bicyclic) bond motifs is 1. The number of hydrogen-bond acceptors (Lipinski definition) is 8. The van der Waals surface area contributed by atoms with Gasteiger partial charge in [-0.05, 0) is 43.7 Å². The summed E-state index contributed by atoms with van der Waals surface area (Å²) < 4.78 is 82.2. The number of esters is 1. The standard InChI is InChI=1S/C29H27F5N6O4/c1-15-13-36-25(37-16(15)2)19-5-4-17(40-7-6-35-26(19)40)12-22(28(42)43-3)38-27(41)24-20(30)10-18(11-21(24)31)39-8-9-44-14-23(39)29(32,33)34/h4-7,10-11,13,22-23H,8-9,12,14H2,1-3H3,(H,38,41)/t22-,23+/m0/s1. The number of morpholine rings is 1. The van der Waals surface area contributed by atoms with E-state index in [0.717, 1.165) is 23.3 Å². The number of alkyl halides is 3. The van der Waals surface area contributed by atoms with Crippen molar-refractivity contribution in [3.8, 4) is 11.4 Å². The van der Waals surface area contributed by atoms with Crippen LogP contribution in [0.1, 0.15) is 27.3 Å². The summed E-state index contributed by atoms with van der Waals surface area (Å²) in [6.07, 6.45) is -0.0411. The highest BCUT2D eigenvalue weighted by molar-refractivity contribution is 5.97. The third-order valence-corrected chi connectivity index (χ3v) is 7.40. The fourth-order valence-corrected chi connectivity index (χ4v) is 4.97. The molecule has 1 saturated heterocycles. The second-order valence-corrected chi connectivity index (χ2v) is 10.2. The SMILES string of the molecule is COC(=O)[C@H](Cc1ccc(-c2ncc(C)c(C)n2)c2nccn12)NC(=O)c1c(F)cc(N2CCOC[C@@H]2C(F)(F)F)cc1F. The molecule has 0 aliphatic carbocycles. The number of aryl methyl sites for hydroxylation is 2. The largest absolute Gasteiger partial charge is 0.467 e. The zero-order chi connectivity index (χ0) is 31.8. The summed E-state index contributed by atoms with van der Waals surface area (Å²) in [5.74, 6) is -4.56. The quantitative estimate of drug-likeness (QED) is 0.245. The lowest BCUT2D eigenvalue weighted by atomic mass is 10.1. The number of ether oxygens (including phenoxy) is 2. The van der Waals surface area contributed by atoms with Crippen LogP contribution in [0, 0.1) is 25.5 Å². The number of imidazole rings is 1. The van der Waals surface area contributed by atoms with Crippen molar-refractivity contribution in [2.45, 2.75) is 38.5 Å². The number of nitrogens with zero attached hydrogens (tertiary/aromatic N) is 5. The minimum absolute atomic E-state index is 0.0816. The Morgan fingerprint density at radius 3 is 2.55 bits per heavy atom. The van der Waals surface area contributed by atoms with Gasteiger partial charge >= 0.3 is 12.1 Å². The maximum Gasteiger partial charge on any atom is 0.411 e. The van der Waals surface area contributed by atoms with E-state index in [0.29, 0.717) is 34.9 Å². The van der Waals surface area contributed by atoms with E-state index >= 15 is 8.78 Å². The number of carbonyl (C=O) groups excluding carboxylic acids is 2. The van der Waals surface area contributed by atoms with Crippen molar-refractivity contribution in [2.75, 3.05) is 31.8 Å². The van der Waals surface area contributed by atoms with Gasteiger partial charge in [0.05, 0.1) is 25.9 Å². The average molecular weight is 619 g/mol. The lowest BCUT2D eigenvalue weighted by molar-refractivity contribution is -0.167. The number of halogens is 5. The van der Waals surface area contributed by atoms with Gasteiger partial charge in [0, 0.05) is 48.6 Å². The van der Waals surface area contributed by atoms with E-state index < -0.39 is 59.6 Å². The molecule has 1 aliphatic heterocycles. The summed E-state index contributed by atoms with van der Waals surface area (Å²) in [4.78, 5) is 39.8. The van der Waals surface area contributed by atoms with Crippen LogP contribution in [0.4, 0.5) is 27.6 Å². The van der Waals surface area contributed by atoms with Gasteiger partial charge in [-0.1, -0.05) is 0 Å². The highest BCUT2D eigenvalue weighted by Crippen LogP contribution is 2.33. The third-order valence-electron chi connectivity index (χ3n) is 7.40. The van der Waals surface area contributed by atoms with Crippen molar-refractivity contribution in [1.82, 2.24) is 24.7 Å². The van der Waals surface area contributed by atoms with E-state index in [1.165, 1.54) is 6.20 Å². The summed E-state index contributed by atoms with van der Waals surface area (Å²) in [5, 5.41) is 2.30. The van der Waals surface area contributed by atoms with Gasteiger partial charge < -0.3 is 24.1 Å². The fraction of sp³-hybridized carbons (Fsp3) is 0.345. The number of nitrogens with one attached hydrogen (secondary N) is 1. The van der Waals surface area contributed by atoms with E-state index in [4.69, 9.17) is 9.47 Å². The molecule has 4 aromatic rings. The van der Waals surface area contributed by atoms with Gasteiger partial charge in [-0.3, -0.25) is 4.79 Å². The Morgan fingerprint density at radius 2 is 1.89 bits per heavy atom. The smallest absolute Gasteiger partial charge is 0.411 e. The predicted molar refractivity (Wildman–Crippen MR) is 147 cm³/mol. The molecule has 0 radical (unpaired) electrons. The molecule has 1 aliphatic rings. The summed E-state index contributed by atoms with van der Waals surface area (Å²) in [7, 11) is 1.09. The first-order valence-corrected chi connectivity index (χ1v) is 13.4. The van der Waals surface area contributed by atoms with Crippen LogP contribution in [0.3, 0.4) is 0 Å². The van der Waals surface area contributed by atoms with Crippen LogP contribution in [0.2, 0.25) is 0 Å². The van der Waals surface area contributed by atoms with Gasteiger partial charge in [-0.2, -0.15) is 13.2 Å². The molecular formula is C29H27F5N6O4. The van der Waals surface area contributed by atoms with Gasteiger partial charge in [-0.15, -0.1) is 0 Å². The molecule has 2 atom stereocenters. The van der Waals surface area contributed by atoms with Crippen molar-refractivity contribution in [2.24, 2.45) is 0 Å². The second kappa shape index (κ2) is 12.1. The molecule has 5 rings (SSSR count). The van der Waals surface area contributed by atoms with Crippen LogP contribution in [0.15, 0.2) is 42.9 Å². The Balaban J connectivity index is 1.41. The number of pyridine rings is 1. The molecule has 15 heteroatoms. The maximum absolute atomic E-state index is 15.1. The van der Waals surface area contributed by atoms with Gasteiger partial charge in [0.25, 0.3) is 5.91 Å². The zero-order valence-electron chi connectivity index (χ0n) is 23.8. The normalized spacial score (nSPS) is 16.2. The fourth-order valence-electron chi connectivity index (χ4n) is 4.97. The minimum atomic E-state index is -4.72. The molecule has 1 N–H and O–H groups in total. The Bertz CT molecular complexity index is 1700. The van der Waals surface area contributed by atoms with Crippen LogP contribution in [0.25, 0.3) is 17.0 Å². The molecule has 0 saturated carbocycles. The summed E-state index contributed by atoms with van der Waals surface area (Å²) in [6, 6.07) is 1.16. The zero-order valence-corrected chi connectivity index (χ0v) is 23.8. The van der Waals surface area contributed by atoms with E-state index in [2.05, 4.69) is 20.3 Å². The van der Waals surface area contributed by atoms with Gasteiger partial charge in [0.1, 0.15) is 34.9 Å². The van der Waals surface area contributed by atoms with Crippen LogP contribution < -0.4 is 10.2 Å². The van der Waals surface area contributed by atoms with Crippen molar-refractivity contribution in [1.29, 1.82) is 0 Å². The first-order valence-electron chi connectivity index (χ1n) is 13.4. The summed E-state index contributed by atoms with van der Waals surface area (Å²) >= 11 is 0. The van der Waals surface area contributed by atoms with Crippen molar-refractivity contribution >= 4 is 23.2 Å². The minimum Gasteiger partial charge on any atom is -0.467 e. The number of rotatable bonds is 7. The van der Waals surface area contributed by atoms with Gasteiger partial charge in [-0.25, -0.2) is 28.5 Å². The Kier molecular flexibility index (Phi) is 8.50. The van der Waals surface area contributed by atoms with Crippen molar-refractivity contribution in [3.63, 3.8) is 0 Å². The van der Waals surface area contributed by atoms with Crippen molar-refractivity contribution in [3.05, 3.63) is 77.0 Å². The third kappa shape index (κ3) is 6.04. The number of anilines is 1. The lowest BCUT2D eigenvalue weighted by Gasteiger charge is -2.38. The molecule has 44 heavy (non-hydrogen) atoms. The van der Waals surface area contributed by atoms with Crippen LogP contribution in [-0.2, 0) is 20.7 Å². The number of amides is 1. The molecule has 1 fully saturated rings. The highest BCUT2D eigenvalue weighted by Gasteiger charge is 2.46. The number of hydrogen-bond donors (Lipinski definition) is 1. The molecule has 10 nitrogen and oxygen atoms in total. The molecule has 232 valence electrons. The Hall–Kier alpha value is -4.66.